The van der Waals surface area contributed by atoms with E-state index in [1.165, 1.54) is 13.8 Å². The highest BCUT2D eigenvalue weighted by molar-refractivity contribution is 6.64. The second-order valence-electron chi connectivity index (χ2n) is 6.55. The number of hydrogen-bond donors (Lipinski definition) is 0. The molecule has 0 fully saturated rings. The maximum atomic E-state index is 12.0. The fraction of sp³-hybridized carbons (Fsp3) is 0.733. The van der Waals surface area contributed by atoms with Crippen molar-refractivity contribution in [2.75, 3.05) is 7.11 Å². The summed E-state index contributed by atoms with van der Waals surface area (Å²) in [6, 6.07) is 0. The molecule has 0 radical (unpaired) electrons. The summed E-state index contributed by atoms with van der Waals surface area (Å²) in [5.74, 6) is -2.58. The van der Waals surface area contributed by atoms with Gasteiger partial charge in [0.2, 0.25) is 11.3 Å². The number of ketones is 1. The number of esters is 2. The van der Waals surface area contributed by atoms with Crippen molar-refractivity contribution < 1.29 is 28.7 Å². The lowest BCUT2D eigenvalue weighted by atomic mass is 10.1. The first kappa shape index (κ1) is 20.1. The van der Waals surface area contributed by atoms with Gasteiger partial charge in [0.25, 0.3) is 0 Å². The Morgan fingerprint density at radius 1 is 1.00 bits per heavy atom. The minimum Gasteiger partial charge on any atom is -0.464 e. The molecule has 0 aromatic rings. The largest absolute Gasteiger partial charge is 0.464 e. The molecule has 0 bridgehead atoms. The van der Waals surface area contributed by atoms with Crippen LogP contribution in [0.2, 0.25) is 0 Å². The summed E-state index contributed by atoms with van der Waals surface area (Å²) in [5, 5.41) is 3.53. The van der Waals surface area contributed by atoms with Crippen LogP contribution in [0.3, 0.4) is 0 Å². The number of carbonyl (C=O) groups is 3. The fourth-order valence-electron chi connectivity index (χ4n) is 1.15. The van der Waals surface area contributed by atoms with Gasteiger partial charge in [-0.25, -0.2) is 9.59 Å². The van der Waals surface area contributed by atoms with Crippen LogP contribution in [-0.4, -0.2) is 41.7 Å². The standard InChI is InChI=1S/C15H25NO6/c1-9(2)11(17)10(12(18)20-8)16-22-15(6,7)13(19)21-14(3,4)5/h9H,1-8H3/b16-10-. The van der Waals surface area contributed by atoms with E-state index in [0.29, 0.717) is 0 Å². The molecule has 0 unspecified atom stereocenters. The molecule has 0 rings (SSSR count). The fourth-order valence-corrected chi connectivity index (χ4v) is 1.15. The van der Waals surface area contributed by atoms with Gasteiger partial charge in [-0.3, -0.25) is 4.79 Å². The first-order valence-corrected chi connectivity index (χ1v) is 6.94. The van der Waals surface area contributed by atoms with Crippen LogP contribution in [0.15, 0.2) is 5.16 Å². The minimum atomic E-state index is -1.45. The number of rotatable bonds is 6. The van der Waals surface area contributed by atoms with E-state index >= 15 is 0 Å². The van der Waals surface area contributed by atoms with Crippen LogP contribution in [0.25, 0.3) is 0 Å². The van der Waals surface area contributed by atoms with Gasteiger partial charge < -0.3 is 14.3 Å². The van der Waals surface area contributed by atoms with Gasteiger partial charge in [-0.2, -0.15) is 0 Å². The van der Waals surface area contributed by atoms with E-state index in [4.69, 9.17) is 9.57 Å². The van der Waals surface area contributed by atoms with Crippen LogP contribution in [0.5, 0.6) is 0 Å². The second-order valence-corrected chi connectivity index (χ2v) is 6.55. The second kappa shape index (κ2) is 7.38. The monoisotopic (exact) mass is 315 g/mol. The Kier molecular flexibility index (Phi) is 6.73. The molecule has 0 aliphatic heterocycles. The average molecular weight is 315 g/mol. The Hall–Kier alpha value is -1.92. The SMILES string of the molecule is COC(=O)/C(=N\OC(C)(C)C(=O)OC(C)(C)C)C(=O)C(C)C. The Bertz CT molecular complexity index is 471. The number of oxime groups is 1. The van der Waals surface area contributed by atoms with Gasteiger partial charge in [-0.1, -0.05) is 19.0 Å². The van der Waals surface area contributed by atoms with E-state index in [2.05, 4.69) is 9.89 Å². The third kappa shape index (κ3) is 6.24. The third-order valence-electron chi connectivity index (χ3n) is 2.39. The summed E-state index contributed by atoms with van der Waals surface area (Å²) < 4.78 is 9.70. The van der Waals surface area contributed by atoms with Crippen molar-refractivity contribution in [2.45, 2.75) is 59.7 Å². The quantitative estimate of drug-likeness (QED) is 0.322. The number of ether oxygens (including phenoxy) is 2. The summed E-state index contributed by atoms with van der Waals surface area (Å²) in [6.45, 7) is 11.2. The molecule has 0 heterocycles. The molecule has 0 aromatic heterocycles. The van der Waals surface area contributed by atoms with Crippen LogP contribution in [0.1, 0.15) is 48.5 Å². The van der Waals surface area contributed by atoms with Gasteiger partial charge in [0.15, 0.2) is 5.78 Å². The van der Waals surface area contributed by atoms with Crippen LogP contribution in [0.4, 0.5) is 0 Å². The maximum Gasteiger partial charge on any atom is 0.363 e. The van der Waals surface area contributed by atoms with Crippen molar-refractivity contribution in [3.8, 4) is 0 Å². The lowest BCUT2D eigenvalue weighted by Gasteiger charge is -2.26. The Morgan fingerprint density at radius 2 is 1.50 bits per heavy atom. The van der Waals surface area contributed by atoms with Gasteiger partial charge in [0, 0.05) is 5.92 Å². The predicted octanol–water partition coefficient (Wildman–Crippen LogP) is 1.88. The molecule has 7 heteroatoms. The maximum absolute atomic E-state index is 12.0. The molecule has 7 nitrogen and oxygen atoms in total. The van der Waals surface area contributed by atoms with Crippen molar-refractivity contribution in [3.05, 3.63) is 0 Å². The van der Waals surface area contributed by atoms with E-state index in [-0.39, 0.29) is 0 Å². The molecule has 0 spiro atoms. The first-order valence-electron chi connectivity index (χ1n) is 6.94. The van der Waals surface area contributed by atoms with E-state index in [1.54, 1.807) is 34.6 Å². The molecule has 0 saturated heterocycles. The number of nitrogens with zero attached hydrogens (tertiary/aromatic N) is 1. The Morgan fingerprint density at radius 3 is 1.86 bits per heavy atom. The molecular weight excluding hydrogens is 290 g/mol. The van der Waals surface area contributed by atoms with Gasteiger partial charge in [0.1, 0.15) is 5.60 Å². The third-order valence-corrected chi connectivity index (χ3v) is 2.39. The molecule has 0 amide bonds. The average Bonchev–Trinajstić information content (AvgIpc) is 2.35. The van der Waals surface area contributed by atoms with Crippen molar-refractivity contribution in [1.82, 2.24) is 0 Å². The van der Waals surface area contributed by atoms with Crippen LogP contribution >= 0.6 is 0 Å². The molecule has 22 heavy (non-hydrogen) atoms. The molecule has 0 saturated carbocycles. The molecule has 0 N–H and O–H groups in total. The number of methoxy groups -OCH3 is 1. The lowest BCUT2D eigenvalue weighted by Crippen LogP contribution is -2.40. The van der Waals surface area contributed by atoms with Gasteiger partial charge >= 0.3 is 11.9 Å². The van der Waals surface area contributed by atoms with Gasteiger partial charge in [-0.15, -0.1) is 0 Å². The van der Waals surface area contributed by atoms with Crippen molar-refractivity contribution in [1.29, 1.82) is 0 Å². The molecular formula is C15H25NO6. The molecule has 126 valence electrons. The first-order chi connectivity index (χ1) is 9.81. The van der Waals surface area contributed by atoms with E-state index < -0.39 is 40.6 Å². The summed E-state index contributed by atoms with van der Waals surface area (Å²) >= 11 is 0. The molecule has 0 atom stereocenters. The highest BCUT2D eigenvalue weighted by Gasteiger charge is 2.36. The van der Waals surface area contributed by atoms with Crippen molar-refractivity contribution in [2.24, 2.45) is 11.1 Å². The zero-order chi connectivity index (χ0) is 17.7. The molecule has 0 aliphatic rings. The normalized spacial score (nSPS) is 12.9. The van der Waals surface area contributed by atoms with Crippen LogP contribution < -0.4 is 0 Å². The highest BCUT2D eigenvalue weighted by atomic mass is 16.7. The smallest absolute Gasteiger partial charge is 0.363 e. The predicted molar refractivity (Wildman–Crippen MR) is 80.3 cm³/mol. The highest BCUT2D eigenvalue weighted by Crippen LogP contribution is 2.18. The zero-order valence-corrected chi connectivity index (χ0v) is 14.5. The van der Waals surface area contributed by atoms with Crippen LogP contribution in [-0.2, 0) is 28.7 Å². The molecule has 0 aliphatic carbocycles. The summed E-state index contributed by atoms with van der Waals surface area (Å²) in [7, 11) is 1.13. The Labute approximate surface area is 131 Å². The van der Waals surface area contributed by atoms with E-state index in [0.717, 1.165) is 7.11 Å². The Balaban J connectivity index is 5.26. The summed E-state index contributed by atoms with van der Waals surface area (Å²) in [4.78, 5) is 40.6. The number of Topliss-reactive ketones (excluding diaryl/α,β-unsaturated/α-hetero) is 1. The lowest BCUT2D eigenvalue weighted by molar-refractivity contribution is -0.179. The molecule has 0 aromatic carbocycles. The summed E-state index contributed by atoms with van der Waals surface area (Å²) in [6.07, 6.45) is 0. The van der Waals surface area contributed by atoms with E-state index in [1.807, 2.05) is 0 Å². The number of hydrogen-bond acceptors (Lipinski definition) is 7. The van der Waals surface area contributed by atoms with Crippen molar-refractivity contribution in [3.63, 3.8) is 0 Å². The van der Waals surface area contributed by atoms with Crippen molar-refractivity contribution >= 4 is 23.4 Å². The van der Waals surface area contributed by atoms with Gasteiger partial charge in [-0.05, 0) is 34.6 Å². The number of carbonyl (C=O) groups excluding carboxylic acids is 3. The minimum absolute atomic E-state index is 0.467. The zero-order valence-electron chi connectivity index (χ0n) is 14.5. The topological polar surface area (TPSA) is 91.3 Å². The van der Waals surface area contributed by atoms with Crippen LogP contribution in [0, 0.1) is 5.92 Å². The van der Waals surface area contributed by atoms with Gasteiger partial charge in [0.05, 0.1) is 7.11 Å². The van der Waals surface area contributed by atoms with E-state index in [9.17, 15) is 14.4 Å². The summed E-state index contributed by atoms with van der Waals surface area (Å²) in [5.41, 5.74) is -2.64.